The molecule has 1 saturated heterocycles. The smallest absolute Gasteiger partial charge is 0.234 e. The van der Waals surface area contributed by atoms with Crippen LogP contribution in [0.25, 0.3) is 21.7 Å². The number of amides is 2. The first-order valence-corrected chi connectivity index (χ1v) is 9.29. The highest BCUT2D eigenvalue weighted by Crippen LogP contribution is 2.36. The molecule has 1 atom stereocenters. The minimum atomic E-state index is -0.412. The van der Waals surface area contributed by atoms with E-state index in [2.05, 4.69) is 5.32 Å². The summed E-state index contributed by atoms with van der Waals surface area (Å²) in [6, 6.07) is 15.4. The Morgan fingerprint density at radius 3 is 2.55 bits per heavy atom. The summed E-state index contributed by atoms with van der Waals surface area (Å²) in [5.41, 5.74) is 1.46. The lowest BCUT2D eigenvalue weighted by Crippen LogP contribution is -2.39. The van der Waals surface area contributed by atoms with Crippen molar-refractivity contribution >= 4 is 33.6 Å². The monoisotopic (exact) mass is 389 g/mol. The molecule has 29 heavy (non-hydrogen) atoms. The fraction of sp³-hybridized carbons (Fsp3) is 0.130. The highest BCUT2D eigenvalue weighted by molar-refractivity contribution is 6.04. The van der Waals surface area contributed by atoms with Crippen LogP contribution in [0.5, 0.6) is 11.5 Å². The molecule has 1 N–H and O–H groups in total. The molecular formula is C23H16FNO4. The predicted octanol–water partition coefficient (Wildman–Crippen LogP) is 5.04. The molecule has 6 heteroatoms. The largest absolute Gasteiger partial charge is 0.464 e. The number of imide groups is 1. The fourth-order valence-corrected chi connectivity index (χ4v) is 3.73. The van der Waals surface area contributed by atoms with Gasteiger partial charge >= 0.3 is 0 Å². The van der Waals surface area contributed by atoms with Crippen LogP contribution in [-0.4, -0.2) is 11.8 Å². The van der Waals surface area contributed by atoms with E-state index in [0.29, 0.717) is 29.9 Å². The maximum Gasteiger partial charge on any atom is 0.234 e. The van der Waals surface area contributed by atoms with Gasteiger partial charge in [0.05, 0.1) is 12.2 Å². The van der Waals surface area contributed by atoms with Crippen molar-refractivity contribution in [2.75, 3.05) is 0 Å². The lowest BCUT2D eigenvalue weighted by atomic mass is 9.90. The van der Waals surface area contributed by atoms with Crippen molar-refractivity contribution < 1.29 is 23.1 Å². The number of hydrogen-bond acceptors (Lipinski definition) is 4. The van der Waals surface area contributed by atoms with Crippen LogP contribution in [0.3, 0.4) is 0 Å². The van der Waals surface area contributed by atoms with Crippen molar-refractivity contribution in [3.63, 3.8) is 0 Å². The predicted molar refractivity (Wildman–Crippen MR) is 105 cm³/mol. The van der Waals surface area contributed by atoms with Crippen molar-refractivity contribution in [1.82, 2.24) is 5.32 Å². The molecular weight excluding hydrogens is 373 g/mol. The molecule has 2 amide bonds. The summed E-state index contributed by atoms with van der Waals surface area (Å²) in [5, 5.41) is 5.12. The van der Waals surface area contributed by atoms with Gasteiger partial charge in [-0.15, -0.1) is 0 Å². The van der Waals surface area contributed by atoms with Crippen LogP contribution in [0.1, 0.15) is 24.3 Å². The van der Waals surface area contributed by atoms with Crippen molar-refractivity contribution in [2.24, 2.45) is 0 Å². The van der Waals surface area contributed by atoms with E-state index in [1.54, 1.807) is 18.4 Å². The summed E-state index contributed by atoms with van der Waals surface area (Å²) in [6.07, 6.45) is 2.37. The molecule has 0 aliphatic carbocycles. The van der Waals surface area contributed by atoms with Crippen LogP contribution < -0.4 is 10.1 Å². The van der Waals surface area contributed by atoms with Crippen molar-refractivity contribution in [2.45, 2.75) is 18.8 Å². The number of fused-ring (bicyclic) bond motifs is 2. The molecule has 2 heterocycles. The molecule has 3 aromatic carbocycles. The summed E-state index contributed by atoms with van der Waals surface area (Å²) >= 11 is 0. The Morgan fingerprint density at radius 2 is 1.76 bits per heavy atom. The lowest BCUT2D eigenvalue weighted by molar-refractivity contribution is -0.134. The van der Waals surface area contributed by atoms with Crippen LogP contribution >= 0.6 is 0 Å². The molecule has 1 aromatic heterocycles. The zero-order valence-electron chi connectivity index (χ0n) is 15.3. The quantitative estimate of drug-likeness (QED) is 0.499. The van der Waals surface area contributed by atoms with Gasteiger partial charge in [-0.2, -0.15) is 0 Å². The average molecular weight is 389 g/mol. The van der Waals surface area contributed by atoms with E-state index in [1.165, 1.54) is 12.1 Å². The summed E-state index contributed by atoms with van der Waals surface area (Å²) in [6.45, 7) is 0. The molecule has 5 nitrogen and oxygen atoms in total. The van der Waals surface area contributed by atoms with E-state index in [1.807, 2.05) is 30.3 Å². The van der Waals surface area contributed by atoms with Crippen molar-refractivity contribution in [3.05, 3.63) is 72.2 Å². The fourth-order valence-electron chi connectivity index (χ4n) is 3.73. The molecule has 0 bridgehead atoms. The van der Waals surface area contributed by atoms with Gasteiger partial charge in [0.2, 0.25) is 11.8 Å². The van der Waals surface area contributed by atoms with Gasteiger partial charge < -0.3 is 9.15 Å². The molecule has 0 saturated carbocycles. The van der Waals surface area contributed by atoms with Crippen LogP contribution in [0.2, 0.25) is 0 Å². The number of rotatable bonds is 3. The summed E-state index contributed by atoms with van der Waals surface area (Å²) in [7, 11) is 0. The first-order valence-electron chi connectivity index (χ1n) is 9.29. The van der Waals surface area contributed by atoms with Gasteiger partial charge in [0, 0.05) is 17.4 Å². The summed E-state index contributed by atoms with van der Waals surface area (Å²) in [5.74, 6) is -0.109. The van der Waals surface area contributed by atoms with Gasteiger partial charge in [-0.05, 0) is 65.7 Å². The van der Waals surface area contributed by atoms with Gasteiger partial charge in [0.1, 0.15) is 22.9 Å². The number of halogens is 1. The van der Waals surface area contributed by atoms with Crippen LogP contribution in [0.4, 0.5) is 4.39 Å². The maximum absolute atomic E-state index is 13.1. The second-order valence-electron chi connectivity index (χ2n) is 7.11. The standard InChI is InChI=1S/C23H16FNO4/c24-15-2-5-16(6-3-15)29-17-4-1-13-11-21-19(10-14(13)9-17)20(12-28-21)18-7-8-22(26)25-23(18)27/h1-6,9-12,18H,7-8H2,(H,25,26,27). The maximum atomic E-state index is 13.1. The highest BCUT2D eigenvalue weighted by atomic mass is 19.1. The second kappa shape index (κ2) is 6.74. The Bertz CT molecular complexity index is 1260. The molecule has 1 aliphatic heterocycles. The minimum absolute atomic E-state index is 0.243. The summed E-state index contributed by atoms with van der Waals surface area (Å²) in [4.78, 5) is 23.7. The van der Waals surface area contributed by atoms with E-state index >= 15 is 0 Å². The average Bonchev–Trinajstić information content (AvgIpc) is 3.10. The molecule has 1 aliphatic rings. The minimum Gasteiger partial charge on any atom is -0.464 e. The number of piperidine rings is 1. The SMILES string of the molecule is O=C1CCC(c2coc3cc4ccc(Oc5ccc(F)cc5)cc4cc23)C(=O)N1. The highest BCUT2D eigenvalue weighted by Gasteiger charge is 2.30. The molecule has 1 fully saturated rings. The van der Waals surface area contributed by atoms with E-state index in [9.17, 15) is 14.0 Å². The third-order valence-electron chi connectivity index (χ3n) is 5.20. The lowest BCUT2D eigenvalue weighted by Gasteiger charge is -2.19. The van der Waals surface area contributed by atoms with Crippen molar-refractivity contribution in [3.8, 4) is 11.5 Å². The third kappa shape index (κ3) is 3.23. The van der Waals surface area contributed by atoms with Crippen LogP contribution in [-0.2, 0) is 9.59 Å². The normalized spacial score (nSPS) is 16.9. The van der Waals surface area contributed by atoms with E-state index in [0.717, 1.165) is 21.7 Å². The topological polar surface area (TPSA) is 68.5 Å². The number of furan rings is 1. The van der Waals surface area contributed by atoms with Gasteiger partial charge in [-0.3, -0.25) is 14.9 Å². The number of benzene rings is 3. The van der Waals surface area contributed by atoms with E-state index in [-0.39, 0.29) is 17.6 Å². The Morgan fingerprint density at radius 1 is 0.966 bits per heavy atom. The zero-order chi connectivity index (χ0) is 20.0. The number of ether oxygens (including phenoxy) is 1. The van der Waals surface area contributed by atoms with Gasteiger partial charge in [0.15, 0.2) is 0 Å². The van der Waals surface area contributed by atoms with Gasteiger partial charge in [-0.25, -0.2) is 4.39 Å². The molecule has 5 rings (SSSR count). The molecule has 1 unspecified atom stereocenters. The molecule has 144 valence electrons. The molecule has 4 aromatic rings. The van der Waals surface area contributed by atoms with Crippen molar-refractivity contribution in [1.29, 1.82) is 0 Å². The van der Waals surface area contributed by atoms with Crippen LogP contribution in [0, 0.1) is 5.82 Å². The number of nitrogens with one attached hydrogen (secondary N) is 1. The van der Waals surface area contributed by atoms with E-state index < -0.39 is 5.92 Å². The Labute approximate surface area is 165 Å². The van der Waals surface area contributed by atoms with E-state index in [4.69, 9.17) is 9.15 Å². The first-order chi connectivity index (χ1) is 14.1. The van der Waals surface area contributed by atoms with Gasteiger partial charge in [-0.1, -0.05) is 6.07 Å². The molecule has 0 radical (unpaired) electrons. The first kappa shape index (κ1) is 17.4. The number of carbonyl (C=O) groups is 2. The Hall–Kier alpha value is -3.67. The number of hydrogen-bond donors (Lipinski definition) is 1. The second-order valence-corrected chi connectivity index (χ2v) is 7.11. The van der Waals surface area contributed by atoms with Crippen LogP contribution in [0.15, 0.2) is 65.3 Å². The zero-order valence-corrected chi connectivity index (χ0v) is 15.3. The van der Waals surface area contributed by atoms with Gasteiger partial charge in [0.25, 0.3) is 0 Å². The Balaban J connectivity index is 1.53. The number of carbonyl (C=O) groups excluding carboxylic acids is 2. The summed E-state index contributed by atoms with van der Waals surface area (Å²) < 4.78 is 24.6. The molecule has 0 spiro atoms. The Kier molecular flexibility index (Phi) is 4.05. The third-order valence-corrected chi connectivity index (χ3v) is 5.20.